The molecular weight excluding hydrogens is 230 g/mol. The predicted molar refractivity (Wildman–Crippen MR) is 71.0 cm³/mol. The topological polar surface area (TPSA) is 88.1 Å². The van der Waals surface area contributed by atoms with Gasteiger partial charge in [0.15, 0.2) is 0 Å². The van der Waals surface area contributed by atoms with Crippen molar-refractivity contribution < 1.29 is 4.74 Å². The number of ether oxygens (including phenoxy) is 1. The molecule has 6 nitrogen and oxygen atoms in total. The molecule has 1 atom stereocenters. The lowest BCUT2D eigenvalue weighted by Crippen LogP contribution is -2.41. The molecule has 0 spiro atoms. The molecule has 3 N–H and O–H groups in total. The third kappa shape index (κ3) is 1.98. The van der Waals surface area contributed by atoms with Crippen molar-refractivity contribution in [1.29, 1.82) is 5.41 Å². The quantitative estimate of drug-likeness (QED) is 0.783. The number of nitrogens with two attached hydrogens (primary N) is 1. The van der Waals surface area contributed by atoms with Gasteiger partial charge in [0.05, 0.1) is 6.04 Å². The van der Waals surface area contributed by atoms with Gasteiger partial charge < -0.3 is 15.4 Å². The standard InChI is InChI=1S/C12H19N5O/c1-6(2)17-7(3)5-18-11(14)9-10(13)15-8(4)16-12(9)17/h6-7,14H,5H2,1-4H3,(H2,13,15,16)/t7-/m0/s1. The second kappa shape index (κ2) is 4.44. The van der Waals surface area contributed by atoms with Crippen molar-refractivity contribution in [3.63, 3.8) is 0 Å². The fourth-order valence-corrected chi connectivity index (χ4v) is 2.30. The van der Waals surface area contributed by atoms with E-state index >= 15 is 0 Å². The molecule has 0 fully saturated rings. The minimum Gasteiger partial charge on any atom is -0.475 e. The van der Waals surface area contributed by atoms with Gasteiger partial charge in [0.25, 0.3) is 0 Å². The van der Waals surface area contributed by atoms with Crippen molar-refractivity contribution in [2.45, 2.75) is 39.8 Å². The molecule has 0 aromatic carbocycles. The highest BCUT2D eigenvalue weighted by Crippen LogP contribution is 2.29. The Kier molecular flexibility index (Phi) is 3.11. The van der Waals surface area contributed by atoms with Gasteiger partial charge in [0.2, 0.25) is 5.90 Å². The second-order valence-electron chi connectivity index (χ2n) is 4.84. The maximum absolute atomic E-state index is 7.93. The van der Waals surface area contributed by atoms with Crippen LogP contribution in [0.3, 0.4) is 0 Å². The van der Waals surface area contributed by atoms with Crippen molar-refractivity contribution in [2.75, 3.05) is 17.2 Å². The van der Waals surface area contributed by atoms with Gasteiger partial charge in [0.1, 0.15) is 29.6 Å². The first kappa shape index (κ1) is 12.6. The maximum atomic E-state index is 7.93. The minimum absolute atomic E-state index is 0.0532. The zero-order chi connectivity index (χ0) is 13.4. The van der Waals surface area contributed by atoms with Crippen LogP contribution in [0.2, 0.25) is 0 Å². The summed E-state index contributed by atoms with van der Waals surface area (Å²) in [6, 6.07) is 0.391. The Morgan fingerprint density at radius 3 is 2.72 bits per heavy atom. The monoisotopic (exact) mass is 249 g/mol. The molecule has 2 heterocycles. The number of nitrogens with one attached hydrogen (secondary N) is 1. The molecule has 18 heavy (non-hydrogen) atoms. The number of aromatic nitrogens is 2. The van der Waals surface area contributed by atoms with E-state index < -0.39 is 0 Å². The molecule has 0 amide bonds. The van der Waals surface area contributed by atoms with Crippen LogP contribution in [0.4, 0.5) is 11.6 Å². The number of fused-ring (bicyclic) bond motifs is 1. The average molecular weight is 249 g/mol. The van der Waals surface area contributed by atoms with Crippen LogP contribution >= 0.6 is 0 Å². The van der Waals surface area contributed by atoms with E-state index in [9.17, 15) is 0 Å². The highest BCUT2D eigenvalue weighted by atomic mass is 16.5. The third-order valence-corrected chi connectivity index (χ3v) is 3.00. The summed E-state index contributed by atoms with van der Waals surface area (Å²) in [5.41, 5.74) is 6.41. The van der Waals surface area contributed by atoms with E-state index in [2.05, 4.69) is 35.6 Å². The van der Waals surface area contributed by atoms with Gasteiger partial charge in [-0.05, 0) is 27.7 Å². The smallest absolute Gasteiger partial charge is 0.220 e. The fourth-order valence-electron chi connectivity index (χ4n) is 2.30. The Balaban J connectivity index is 2.67. The molecule has 1 aliphatic rings. The third-order valence-electron chi connectivity index (χ3n) is 3.00. The molecule has 0 saturated carbocycles. The number of nitrogen functional groups attached to an aromatic ring is 1. The molecule has 0 saturated heterocycles. The number of nitrogens with zero attached hydrogens (tertiary/aromatic N) is 3. The summed E-state index contributed by atoms with van der Waals surface area (Å²) in [7, 11) is 0. The van der Waals surface area contributed by atoms with Crippen LogP contribution in [0.5, 0.6) is 0 Å². The van der Waals surface area contributed by atoms with Gasteiger partial charge in [-0.25, -0.2) is 9.97 Å². The lowest BCUT2D eigenvalue weighted by atomic mass is 10.2. The first-order valence-electron chi connectivity index (χ1n) is 6.06. The van der Waals surface area contributed by atoms with E-state index in [0.717, 1.165) is 0 Å². The summed E-state index contributed by atoms with van der Waals surface area (Å²) in [5, 5.41) is 7.93. The van der Waals surface area contributed by atoms with Crippen molar-refractivity contribution in [1.82, 2.24) is 9.97 Å². The van der Waals surface area contributed by atoms with Crippen LogP contribution in [0, 0.1) is 12.3 Å². The van der Waals surface area contributed by atoms with E-state index in [1.54, 1.807) is 6.92 Å². The van der Waals surface area contributed by atoms with Gasteiger partial charge in [-0.1, -0.05) is 0 Å². The van der Waals surface area contributed by atoms with Gasteiger partial charge in [-0.3, -0.25) is 5.41 Å². The molecule has 6 heteroatoms. The first-order chi connectivity index (χ1) is 8.41. The molecule has 98 valence electrons. The predicted octanol–water partition coefficient (Wildman–Crippen LogP) is 1.33. The van der Waals surface area contributed by atoms with Gasteiger partial charge >= 0.3 is 0 Å². The van der Waals surface area contributed by atoms with Crippen molar-refractivity contribution in [3.8, 4) is 0 Å². The van der Waals surface area contributed by atoms with E-state index in [0.29, 0.717) is 29.6 Å². The largest absolute Gasteiger partial charge is 0.475 e. The Hall–Kier alpha value is -1.85. The summed E-state index contributed by atoms with van der Waals surface area (Å²) in [6.45, 7) is 8.47. The molecule has 0 aliphatic carbocycles. The number of hydrogen-bond donors (Lipinski definition) is 2. The normalized spacial score (nSPS) is 19.5. The number of hydrogen-bond acceptors (Lipinski definition) is 6. The van der Waals surface area contributed by atoms with Crippen LogP contribution in [-0.4, -0.2) is 34.6 Å². The van der Waals surface area contributed by atoms with E-state index in [-0.39, 0.29) is 18.0 Å². The van der Waals surface area contributed by atoms with Crippen LogP contribution in [0.1, 0.15) is 32.2 Å². The van der Waals surface area contributed by atoms with Crippen LogP contribution in [-0.2, 0) is 4.74 Å². The number of aryl methyl sites for hydroxylation is 1. The van der Waals surface area contributed by atoms with Crippen LogP contribution in [0.15, 0.2) is 0 Å². The SMILES string of the molecule is Cc1nc(N)c2c(n1)N(C(C)C)[C@@H](C)COC2=N. The molecule has 1 aliphatic heterocycles. The maximum Gasteiger partial charge on any atom is 0.220 e. The fraction of sp³-hybridized carbons (Fsp3) is 0.583. The Bertz CT molecular complexity index is 486. The Morgan fingerprint density at radius 1 is 1.44 bits per heavy atom. The molecule has 1 aromatic rings. The summed E-state index contributed by atoms with van der Waals surface area (Å²) in [5.74, 6) is 1.67. The summed E-state index contributed by atoms with van der Waals surface area (Å²) in [6.07, 6.45) is 0. The molecule has 1 aromatic heterocycles. The molecule has 2 rings (SSSR count). The van der Waals surface area contributed by atoms with Crippen molar-refractivity contribution >= 4 is 17.5 Å². The molecule has 0 bridgehead atoms. The molecular formula is C12H19N5O. The van der Waals surface area contributed by atoms with Crippen molar-refractivity contribution in [2.24, 2.45) is 0 Å². The lowest BCUT2D eigenvalue weighted by molar-refractivity contribution is 0.277. The van der Waals surface area contributed by atoms with Crippen LogP contribution < -0.4 is 10.6 Å². The first-order valence-corrected chi connectivity index (χ1v) is 6.06. The van der Waals surface area contributed by atoms with Gasteiger partial charge in [-0.2, -0.15) is 0 Å². The number of anilines is 2. The van der Waals surface area contributed by atoms with E-state index in [1.807, 2.05) is 0 Å². The highest BCUT2D eigenvalue weighted by molar-refractivity contribution is 6.01. The lowest BCUT2D eigenvalue weighted by Gasteiger charge is -2.32. The Labute approximate surface area is 107 Å². The van der Waals surface area contributed by atoms with Gasteiger partial charge in [-0.15, -0.1) is 0 Å². The van der Waals surface area contributed by atoms with Gasteiger partial charge in [0, 0.05) is 6.04 Å². The summed E-state index contributed by atoms with van der Waals surface area (Å²) < 4.78 is 5.42. The van der Waals surface area contributed by atoms with Crippen LogP contribution in [0.25, 0.3) is 0 Å². The minimum atomic E-state index is 0.0532. The summed E-state index contributed by atoms with van der Waals surface area (Å²) >= 11 is 0. The molecule has 0 radical (unpaired) electrons. The summed E-state index contributed by atoms with van der Waals surface area (Å²) in [4.78, 5) is 10.7. The zero-order valence-electron chi connectivity index (χ0n) is 11.2. The van der Waals surface area contributed by atoms with E-state index in [4.69, 9.17) is 15.9 Å². The highest BCUT2D eigenvalue weighted by Gasteiger charge is 2.30. The average Bonchev–Trinajstić information content (AvgIpc) is 2.35. The van der Waals surface area contributed by atoms with E-state index in [1.165, 1.54) is 0 Å². The zero-order valence-corrected chi connectivity index (χ0v) is 11.2. The number of rotatable bonds is 1. The van der Waals surface area contributed by atoms with Crippen molar-refractivity contribution in [3.05, 3.63) is 11.4 Å². The second-order valence-corrected chi connectivity index (χ2v) is 4.84. The molecule has 0 unspecified atom stereocenters. The Morgan fingerprint density at radius 2 is 2.11 bits per heavy atom.